The maximum absolute atomic E-state index is 11.1. The van der Waals surface area contributed by atoms with Crippen molar-refractivity contribution >= 4 is 47.9 Å². The molecule has 0 fully saturated rings. The van der Waals surface area contributed by atoms with Gasteiger partial charge in [-0.25, -0.2) is 0 Å². The Kier molecular flexibility index (Phi) is 19.5. The standard InChI is InChI=1S/C35H55N7O10S3/c1-28-24-32(33(49-7)25-31(28)38-39-35-30(26-36)29(2)34(27-37)53-35)40(10-16-50-18-14-41(3,4)12-8-22-54(43,44)45)11-17-51-20-21-52-19-15-42(5,6)13-9-23-55(46,47)48/h24-25H,8-23H2,1-7H3/p+2/b39-38+. The number of thiophene rings is 1. The molecule has 0 amide bonds. The number of ether oxygens (including phenoxy) is 4. The van der Waals surface area contributed by atoms with Crippen LogP contribution in [-0.2, 0) is 34.4 Å². The van der Waals surface area contributed by atoms with E-state index in [-0.39, 0.29) is 11.5 Å². The van der Waals surface area contributed by atoms with Gasteiger partial charge in [-0.05, 0) is 31.0 Å². The predicted molar refractivity (Wildman–Crippen MR) is 211 cm³/mol. The van der Waals surface area contributed by atoms with Gasteiger partial charge in [0.05, 0.1) is 116 Å². The van der Waals surface area contributed by atoms with Gasteiger partial charge < -0.3 is 32.8 Å². The van der Waals surface area contributed by atoms with Gasteiger partial charge in [0.1, 0.15) is 35.9 Å². The van der Waals surface area contributed by atoms with E-state index in [1.54, 1.807) is 20.1 Å². The minimum atomic E-state index is -4.00. The third kappa shape index (κ3) is 18.5. The molecule has 1 aromatic carbocycles. The second kappa shape index (κ2) is 22.5. The number of nitriles is 2. The Morgan fingerprint density at radius 1 is 0.764 bits per heavy atom. The van der Waals surface area contributed by atoms with Crippen LogP contribution in [0.4, 0.5) is 16.4 Å². The zero-order chi connectivity index (χ0) is 41.3. The van der Waals surface area contributed by atoms with Gasteiger partial charge in [-0.15, -0.1) is 21.6 Å². The highest BCUT2D eigenvalue weighted by Gasteiger charge is 2.20. The van der Waals surface area contributed by atoms with Crippen LogP contribution in [0.25, 0.3) is 0 Å². The summed E-state index contributed by atoms with van der Waals surface area (Å²) in [7, 11) is 1.48. The molecule has 0 aliphatic carbocycles. The molecule has 0 bridgehead atoms. The van der Waals surface area contributed by atoms with E-state index in [1.807, 2.05) is 41.2 Å². The van der Waals surface area contributed by atoms with Crippen molar-refractivity contribution in [1.82, 2.24) is 0 Å². The number of likely N-dealkylation sites (N-methyl/N-ethyl adjacent to an activating group) is 2. The molecule has 1 aromatic heterocycles. The Labute approximate surface area is 330 Å². The highest BCUT2D eigenvalue weighted by Crippen LogP contribution is 2.38. The molecular formula is C35H57N7O10S3+2. The van der Waals surface area contributed by atoms with Crippen LogP contribution in [0.15, 0.2) is 22.4 Å². The van der Waals surface area contributed by atoms with Gasteiger partial charge in [0.15, 0.2) is 5.00 Å². The predicted octanol–water partition coefficient (Wildman–Crippen LogP) is 4.10. The number of benzene rings is 1. The summed E-state index contributed by atoms with van der Waals surface area (Å²) in [6.07, 6.45) is 0.691. The quantitative estimate of drug-likeness (QED) is 0.0561. The average Bonchev–Trinajstić information content (AvgIpc) is 3.39. The van der Waals surface area contributed by atoms with Crippen molar-refractivity contribution in [2.24, 2.45) is 10.2 Å². The van der Waals surface area contributed by atoms with E-state index >= 15 is 0 Å². The number of hydrogen-bond donors (Lipinski definition) is 2. The van der Waals surface area contributed by atoms with Gasteiger partial charge in [0, 0.05) is 32.0 Å². The van der Waals surface area contributed by atoms with Crippen LogP contribution in [0.1, 0.15) is 34.4 Å². The van der Waals surface area contributed by atoms with Crippen molar-refractivity contribution in [2.45, 2.75) is 26.7 Å². The molecule has 0 aliphatic rings. The fraction of sp³-hybridized carbons (Fsp3) is 0.657. The van der Waals surface area contributed by atoms with Crippen molar-refractivity contribution < 1.29 is 53.9 Å². The van der Waals surface area contributed by atoms with E-state index in [0.29, 0.717) is 133 Å². The zero-order valence-corrected chi connectivity index (χ0v) is 35.4. The van der Waals surface area contributed by atoms with Gasteiger partial charge >= 0.3 is 0 Å². The first-order valence-corrected chi connectivity index (χ1v) is 21.8. The Morgan fingerprint density at radius 2 is 1.27 bits per heavy atom. The molecule has 2 aromatic rings. The number of nitrogens with zero attached hydrogens (tertiary/aromatic N) is 7. The number of anilines is 1. The lowest BCUT2D eigenvalue weighted by Gasteiger charge is -2.30. The van der Waals surface area contributed by atoms with Gasteiger partial charge in [0.25, 0.3) is 20.2 Å². The van der Waals surface area contributed by atoms with Crippen molar-refractivity contribution in [2.75, 3.05) is 131 Å². The first-order valence-electron chi connectivity index (χ1n) is 17.8. The Bertz CT molecular complexity index is 1870. The number of hydrogen-bond acceptors (Lipinski definition) is 14. The molecule has 55 heavy (non-hydrogen) atoms. The molecule has 0 saturated carbocycles. The highest BCUT2D eigenvalue weighted by atomic mass is 32.2. The Balaban J connectivity index is 2.07. The number of azo groups is 1. The minimum Gasteiger partial charge on any atom is -0.495 e. The van der Waals surface area contributed by atoms with E-state index in [9.17, 15) is 27.4 Å². The largest absolute Gasteiger partial charge is 0.495 e. The van der Waals surface area contributed by atoms with E-state index in [1.165, 1.54) is 0 Å². The SMILES string of the molecule is COc1cc(/N=N/c2sc(C#N)c(C)c2C#N)c(C)cc1N(CCOCCOCC[N+](C)(C)CCCS(=O)(=O)O)CCOCC[N+](C)(C)CCCS(=O)(=O)O. The minimum absolute atomic E-state index is 0.267. The van der Waals surface area contributed by atoms with Crippen LogP contribution in [0.3, 0.4) is 0 Å². The van der Waals surface area contributed by atoms with Crippen molar-refractivity contribution in [3.05, 3.63) is 33.7 Å². The molecule has 0 radical (unpaired) electrons. The fourth-order valence-electron chi connectivity index (χ4n) is 5.41. The van der Waals surface area contributed by atoms with Crippen molar-refractivity contribution in [3.63, 3.8) is 0 Å². The lowest BCUT2D eigenvalue weighted by molar-refractivity contribution is -0.890. The lowest BCUT2D eigenvalue weighted by atomic mass is 10.1. The number of methoxy groups -OCH3 is 1. The molecule has 0 aliphatic heterocycles. The average molecular weight is 832 g/mol. The second-order valence-corrected chi connectivity index (χ2v) is 18.5. The van der Waals surface area contributed by atoms with Crippen LogP contribution in [0.2, 0.25) is 0 Å². The summed E-state index contributed by atoms with van der Waals surface area (Å²) in [5.74, 6) is -0.00895. The summed E-state index contributed by atoms with van der Waals surface area (Å²) in [5, 5.41) is 28.1. The molecule has 308 valence electrons. The van der Waals surface area contributed by atoms with E-state index in [0.717, 1.165) is 22.6 Å². The van der Waals surface area contributed by atoms with E-state index in [2.05, 4.69) is 27.3 Å². The van der Waals surface area contributed by atoms with Crippen LogP contribution in [0, 0.1) is 36.5 Å². The Morgan fingerprint density at radius 3 is 1.75 bits per heavy atom. The molecule has 0 unspecified atom stereocenters. The number of rotatable bonds is 27. The van der Waals surface area contributed by atoms with E-state index in [4.69, 9.17) is 28.1 Å². The molecule has 2 rings (SSSR count). The molecule has 17 nitrogen and oxygen atoms in total. The first kappa shape index (κ1) is 47.9. The smallest absolute Gasteiger partial charge is 0.265 e. The summed E-state index contributed by atoms with van der Waals surface area (Å²) in [4.78, 5) is 2.50. The molecule has 20 heteroatoms. The molecule has 1 heterocycles. The van der Waals surface area contributed by atoms with Gasteiger partial charge in [-0.3, -0.25) is 9.11 Å². The van der Waals surface area contributed by atoms with Crippen molar-refractivity contribution in [3.8, 4) is 17.9 Å². The summed E-state index contributed by atoms with van der Waals surface area (Å²) in [5.41, 5.74) is 3.02. The first-order chi connectivity index (χ1) is 25.7. The van der Waals surface area contributed by atoms with Crippen LogP contribution < -0.4 is 9.64 Å². The summed E-state index contributed by atoms with van der Waals surface area (Å²) >= 11 is 1.11. The second-order valence-electron chi connectivity index (χ2n) is 14.3. The third-order valence-electron chi connectivity index (χ3n) is 8.82. The van der Waals surface area contributed by atoms with Crippen LogP contribution in [-0.4, -0.2) is 161 Å². The molecule has 2 N–H and O–H groups in total. The van der Waals surface area contributed by atoms with Crippen LogP contribution in [0.5, 0.6) is 5.75 Å². The summed E-state index contributed by atoms with van der Waals surface area (Å²) < 4.78 is 86.8. The maximum Gasteiger partial charge on any atom is 0.265 e. The van der Waals surface area contributed by atoms with Crippen molar-refractivity contribution in [1.29, 1.82) is 10.5 Å². The number of aryl methyl sites for hydroxylation is 1. The summed E-state index contributed by atoms with van der Waals surface area (Å²) in [6.45, 7) is 9.44. The van der Waals surface area contributed by atoms with E-state index < -0.39 is 20.2 Å². The van der Waals surface area contributed by atoms with Gasteiger partial charge in [-0.2, -0.15) is 27.4 Å². The zero-order valence-electron chi connectivity index (χ0n) is 33.0. The highest BCUT2D eigenvalue weighted by molar-refractivity contribution is 7.86. The molecular weight excluding hydrogens is 775 g/mol. The molecule has 0 atom stereocenters. The van der Waals surface area contributed by atoms with Gasteiger partial charge in [0.2, 0.25) is 0 Å². The molecule has 0 saturated heterocycles. The fourth-order valence-corrected chi connectivity index (χ4v) is 7.27. The summed E-state index contributed by atoms with van der Waals surface area (Å²) in [6, 6.07) is 7.91. The number of quaternary nitrogens is 2. The Hall–Kier alpha value is -3.28. The topological polar surface area (TPSA) is 221 Å². The molecule has 0 spiro atoms. The van der Waals surface area contributed by atoms with Gasteiger partial charge in [-0.1, -0.05) is 0 Å². The maximum atomic E-state index is 11.1. The monoisotopic (exact) mass is 831 g/mol. The van der Waals surface area contributed by atoms with Crippen LogP contribution >= 0.6 is 11.3 Å². The lowest BCUT2D eigenvalue weighted by Crippen LogP contribution is -2.44. The third-order valence-corrected chi connectivity index (χ3v) is 11.5. The normalized spacial score (nSPS) is 12.6.